The summed E-state index contributed by atoms with van der Waals surface area (Å²) in [5.41, 5.74) is -1.13. The zero-order chi connectivity index (χ0) is 16.3. The van der Waals surface area contributed by atoms with E-state index in [2.05, 4.69) is 4.98 Å². The maximum Gasteiger partial charge on any atom is 0.416 e. The smallest absolute Gasteiger partial charge is 0.416 e. The number of nitrogens with zero attached hydrogens (tertiary/aromatic N) is 1. The van der Waals surface area contributed by atoms with Gasteiger partial charge in [-0.3, -0.25) is 0 Å². The van der Waals surface area contributed by atoms with Gasteiger partial charge in [0.1, 0.15) is 11.4 Å². The number of aromatic nitrogens is 1. The second-order valence-corrected chi connectivity index (χ2v) is 4.15. The fourth-order valence-electron chi connectivity index (χ4n) is 1.52. The maximum absolute atomic E-state index is 12.4. The molecular formula is C14H8F3NO4. The lowest BCUT2D eigenvalue weighted by Crippen LogP contribution is -2.10. The van der Waals surface area contributed by atoms with Crippen LogP contribution >= 0.6 is 0 Å². The minimum absolute atomic E-state index is 0.0232. The van der Waals surface area contributed by atoms with Gasteiger partial charge < -0.3 is 9.84 Å². The Balaban J connectivity index is 2.10. The third-order valence-corrected chi connectivity index (χ3v) is 2.61. The first-order valence-corrected chi connectivity index (χ1v) is 5.86. The van der Waals surface area contributed by atoms with Gasteiger partial charge in [0.2, 0.25) is 0 Å². The minimum atomic E-state index is -4.47. The number of ether oxygens (including phenoxy) is 1. The molecule has 114 valence electrons. The molecule has 1 aromatic heterocycles. The molecule has 1 N–H and O–H groups in total. The SMILES string of the molecule is O=C(Oc1ccc(C(F)(F)F)cc1)c1ccc(C(=O)O)nc1. The second-order valence-electron chi connectivity index (χ2n) is 4.15. The minimum Gasteiger partial charge on any atom is -0.477 e. The topological polar surface area (TPSA) is 76.5 Å². The molecule has 0 aliphatic rings. The molecule has 0 amide bonds. The van der Waals surface area contributed by atoms with Crippen molar-refractivity contribution in [2.24, 2.45) is 0 Å². The monoisotopic (exact) mass is 311 g/mol. The van der Waals surface area contributed by atoms with E-state index in [0.29, 0.717) is 0 Å². The Labute approximate surface area is 122 Å². The van der Waals surface area contributed by atoms with Gasteiger partial charge in [0, 0.05) is 6.20 Å². The van der Waals surface area contributed by atoms with Crippen molar-refractivity contribution in [1.82, 2.24) is 4.98 Å². The van der Waals surface area contributed by atoms with Crippen molar-refractivity contribution in [3.8, 4) is 5.75 Å². The Hall–Kier alpha value is -2.90. The van der Waals surface area contributed by atoms with Crippen molar-refractivity contribution in [2.45, 2.75) is 6.18 Å². The van der Waals surface area contributed by atoms with E-state index >= 15 is 0 Å². The van der Waals surface area contributed by atoms with Crippen LogP contribution in [0.1, 0.15) is 26.4 Å². The van der Waals surface area contributed by atoms with Gasteiger partial charge in [-0.25, -0.2) is 14.6 Å². The summed E-state index contributed by atoms with van der Waals surface area (Å²) < 4.78 is 42.0. The first-order chi connectivity index (χ1) is 10.3. The Bertz CT molecular complexity index is 694. The fraction of sp³-hybridized carbons (Fsp3) is 0.0714. The van der Waals surface area contributed by atoms with Crippen LogP contribution in [-0.4, -0.2) is 22.0 Å². The predicted octanol–water partition coefficient (Wildman–Crippen LogP) is 3.02. The highest BCUT2D eigenvalue weighted by molar-refractivity contribution is 5.92. The molecule has 0 spiro atoms. The first-order valence-electron chi connectivity index (χ1n) is 5.86. The summed E-state index contributed by atoms with van der Waals surface area (Å²) in [6, 6.07) is 5.91. The number of carboxylic acid groups (broad SMARTS) is 1. The molecule has 5 nitrogen and oxygen atoms in total. The van der Waals surface area contributed by atoms with Gasteiger partial charge in [-0.15, -0.1) is 0 Å². The normalized spacial score (nSPS) is 11.0. The third kappa shape index (κ3) is 3.60. The molecule has 1 aromatic carbocycles. The van der Waals surface area contributed by atoms with Crippen LogP contribution in [0.2, 0.25) is 0 Å². The van der Waals surface area contributed by atoms with Gasteiger partial charge in [0.05, 0.1) is 11.1 Å². The molecule has 2 rings (SSSR count). The third-order valence-electron chi connectivity index (χ3n) is 2.61. The summed E-state index contributed by atoms with van der Waals surface area (Å²) in [6.07, 6.45) is -3.46. The number of esters is 1. The zero-order valence-corrected chi connectivity index (χ0v) is 10.8. The molecule has 22 heavy (non-hydrogen) atoms. The highest BCUT2D eigenvalue weighted by atomic mass is 19.4. The van der Waals surface area contributed by atoms with E-state index in [0.717, 1.165) is 36.5 Å². The number of pyridine rings is 1. The Morgan fingerprint density at radius 1 is 1.05 bits per heavy atom. The molecule has 2 aromatic rings. The lowest BCUT2D eigenvalue weighted by molar-refractivity contribution is -0.137. The van der Waals surface area contributed by atoms with E-state index in [-0.39, 0.29) is 17.0 Å². The van der Waals surface area contributed by atoms with Crippen LogP contribution in [0.15, 0.2) is 42.6 Å². The van der Waals surface area contributed by atoms with E-state index < -0.39 is 23.7 Å². The lowest BCUT2D eigenvalue weighted by atomic mass is 10.2. The number of halogens is 3. The van der Waals surface area contributed by atoms with Gasteiger partial charge >= 0.3 is 18.1 Å². The van der Waals surface area contributed by atoms with Gasteiger partial charge in [-0.2, -0.15) is 13.2 Å². The Kier molecular flexibility index (Phi) is 4.11. The second kappa shape index (κ2) is 5.84. The fourth-order valence-corrected chi connectivity index (χ4v) is 1.52. The Morgan fingerprint density at radius 2 is 1.68 bits per heavy atom. The van der Waals surface area contributed by atoms with Gasteiger partial charge in [-0.05, 0) is 36.4 Å². The number of aromatic carboxylic acids is 1. The van der Waals surface area contributed by atoms with Crippen molar-refractivity contribution in [2.75, 3.05) is 0 Å². The molecule has 0 saturated heterocycles. The van der Waals surface area contributed by atoms with E-state index in [1.807, 2.05) is 0 Å². The molecule has 8 heteroatoms. The summed E-state index contributed by atoms with van der Waals surface area (Å²) >= 11 is 0. The molecule has 0 saturated carbocycles. The summed E-state index contributed by atoms with van der Waals surface area (Å²) in [6.45, 7) is 0. The van der Waals surface area contributed by atoms with E-state index in [9.17, 15) is 22.8 Å². The van der Waals surface area contributed by atoms with Crippen LogP contribution in [-0.2, 0) is 6.18 Å². The highest BCUT2D eigenvalue weighted by Crippen LogP contribution is 2.30. The quantitative estimate of drug-likeness (QED) is 0.696. The van der Waals surface area contributed by atoms with Gasteiger partial charge in [0.25, 0.3) is 0 Å². The molecule has 0 fully saturated rings. The van der Waals surface area contributed by atoms with Crippen molar-refractivity contribution >= 4 is 11.9 Å². The average Bonchev–Trinajstić information content (AvgIpc) is 2.47. The van der Waals surface area contributed by atoms with Crippen molar-refractivity contribution in [3.63, 3.8) is 0 Å². The number of carbonyl (C=O) groups excluding carboxylic acids is 1. The molecule has 0 aliphatic heterocycles. The van der Waals surface area contributed by atoms with E-state index in [4.69, 9.17) is 9.84 Å². The van der Waals surface area contributed by atoms with E-state index in [1.54, 1.807) is 0 Å². The van der Waals surface area contributed by atoms with Crippen LogP contribution in [0.25, 0.3) is 0 Å². The number of rotatable bonds is 3. The highest BCUT2D eigenvalue weighted by Gasteiger charge is 2.30. The molecule has 0 bridgehead atoms. The predicted molar refractivity (Wildman–Crippen MR) is 67.6 cm³/mol. The molecule has 0 atom stereocenters. The number of alkyl halides is 3. The molecule has 1 heterocycles. The van der Waals surface area contributed by atoms with Crippen LogP contribution in [0.3, 0.4) is 0 Å². The van der Waals surface area contributed by atoms with Gasteiger partial charge in [0.15, 0.2) is 0 Å². The number of carboxylic acids is 1. The Morgan fingerprint density at radius 3 is 2.14 bits per heavy atom. The largest absolute Gasteiger partial charge is 0.477 e. The van der Waals surface area contributed by atoms with Crippen LogP contribution in [0.5, 0.6) is 5.75 Å². The summed E-state index contributed by atoms with van der Waals surface area (Å²) in [4.78, 5) is 25.9. The zero-order valence-electron chi connectivity index (χ0n) is 10.8. The summed E-state index contributed by atoms with van der Waals surface area (Å²) in [7, 11) is 0. The van der Waals surface area contributed by atoms with Gasteiger partial charge in [-0.1, -0.05) is 0 Å². The average molecular weight is 311 g/mol. The number of benzene rings is 1. The summed E-state index contributed by atoms with van der Waals surface area (Å²) in [5.74, 6) is -2.17. The van der Waals surface area contributed by atoms with Crippen molar-refractivity contribution in [3.05, 3.63) is 59.4 Å². The lowest BCUT2D eigenvalue weighted by Gasteiger charge is -2.08. The molecule has 0 aliphatic carbocycles. The van der Waals surface area contributed by atoms with Crippen molar-refractivity contribution < 1.29 is 32.6 Å². The van der Waals surface area contributed by atoms with Crippen molar-refractivity contribution in [1.29, 1.82) is 0 Å². The van der Waals surface area contributed by atoms with E-state index in [1.165, 1.54) is 6.07 Å². The number of hydrogen-bond donors (Lipinski definition) is 1. The van der Waals surface area contributed by atoms with Crippen LogP contribution in [0.4, 0.5) is 13.2 Å². The molecule has 0 unspecified atom stereocenters. The summed E-state index contributed by atoms with van der Waals surface area (Å²) in [5, 5.41) is 8.67. The number of hydrogen-bond acceptors (Lipinski definition) is 4. The van der Waals surface area contributed by atoms with Crippen LogP contribution in [0, 0.1) is 0 Å². The maximum atomic E-state index is 12.4. The standard InChI is InChI=1S/C14H8F3NO4/c15-14(16,17)9-2-4-10(5-3-9)22-13(21)8-1-6-11(12(19)20)18-7-8/h1-7H,(H,19,20). The molecular weight excluding hydrogens is 303 g/mol. The first kappa shape index (κ1) is 15.5. The molecule has 0 radical (unpaired) electrons. The van der Waals surface area contributed by atoms with Crippen LogP contribution < -0.4 is 4.74 Å². The number of carbonyl (C=O) groups is 2.